The van der Waals surface area contributed by atoms with Crippen LogP contribution >= 0.6 is 0 Å². The minimum atomic E-state index is -0.801. The van der Waals surface area contributed by atoms with Crippen molar-refractivity contribution in [1.82, 2.24) is 19.7 Å². The van der Waals surface area contributed by atoms with Crippen LogP contribution in [-0.4, -0.2) is 36.8 Å². The number of benzene rings is 1. The highest BCUT2D eigenvalue weighted by molar-refractivity contribution is 5.73. The lowest BCUT2D eigenvalue weighted by Crippen LogP contribution is -2.47. The van der Waals surface area contributed by atoms with Crippen molar-refractivity contribution in [2.24, 2.45) is 0 Å². The summed E-state index contributed by atoms with van der Waals surface area (Å²) >= 11 is 0. The maximum absolute atomic E-state index is 11.9. The summed E-state index contributed by atoms with van der Waals surface area (Å²) in [5.41, 5.74) is 5.02. The number of hydrogen-bond acceptors (Lipinski definition) is 4. The second-order valence-electron chi connectivity index (χ2n) is 8.37. The number of aliphatic carboxylic acids is 1. The Balaban J connectivity index is 1.93. The fourth-order valence-corrected chi connectivity index (χ4v) is 3.64. The molecule has 0 spiro atoms. The quantitative estimate of drug-likeness (QED) is 0.915. The summed E-state index contributed by atoms with van der Waals surface area (Å²) in [6.45, 7) is 14.2. The molecule has 0 saturated heterocycles. The van der Waals surface area contributed by atoms with Gasteiger partial charge in [0.2, 0.25) is 0 Å². The molecule has 1 unspecified atom stereocenters. The third-order valence-corrected chi connectivity index (χ3v) is 5.36. The van der Waals surface area contributed by atoms with Gasteiger partial charge in [0.1, 0.15) is 17.7 Å². The maximum Gasteiger partial charge on any atom is 0.322 e. The number of aryl methyl sites for hydroxylation is 3. The first-order valence-corrected chi connectivity index (χ1v) is 9.04. The molecule has 1 atom stereocenters. The summed E-state index contributed by atoms with van der Waals surface area (Å²) in [6, 6.07) is 3.89. The SMILES string of the molecule is Cc1cc(C(C)(C)C)cc(C)c1CN1Cc2nnc(C)n2CC1C(=O)O. The van der Waals surface area contributed by atoms with E-state index in [4.69, 9.17) is 0 Å². The molecular formula is C20H28N4O2. The minimum absolute atomic E-state index is 0.0940. The molecule has 140 valence electrons. The van der Waals surface area contributed by atoms with E-state index >= 15 is 0 Å². The van der Waals surface area contributed by atoms with Crippen LogP contribution in [0.15, 0.2) is 12.1 Å². The van der Waals surface area contributed by atoms with Crippen LogP contribution in [0.3, 0.4) is 0 Å². The zero-order valence-electron chi connectivity index (χ0n) is 16.5. The fourth-order valence-electron chi connectivity index (χ4n) is 3.64. The number of nitrogens with zero attached hydrogens (tertiary/aromatic N) is 4. The molecular weight excluding hydrogens is 328 g/mol. The number of carbonyl (C=O) groups is 1. The van der Waals surface area contributed by atoms with Gasteiger partial charge in [-0.3, -0.25) is 9.69 Å². The van der Waals surface area contributed by atoms with Crippen molar-refractivity contribution in [2.75, 3.05) is 0 Å². The van der Waals surface area contributed by atoms with Crippen LogP contribution in [0.25, 0.3) is 0 Å². The van der Waals surface area contributed by atoms with Crippen LogP contribution in [0.4, 0.5) is 0 Å². The van der Waals surface area contributed by atoms with Crippen LogP contribution < -0.4 is 0 Å². The second kappa shape index (κ2) is 6.50. The van der Waals surface area contributed by atoms with Gasteiger partial charge in [-0.15, -0.1) is 10.2 Å². The highest BCUT2D eigenvalue weighted by Gasteiger charge is 2.34. The largest absolute Gasteiger partial charge is 0.480 e. The van der Waals surface area contributed by atoms with Gasteiger partial charge in [-0.2, -0.15) is 0 Å². The first-order valence-electron chi connectivity index (χ1n) is 9.04. The molecule has 0 saturated carbocycles. The van der Waals surface area contributed by atoms with Crippen molar-refractivity contribution in [1.29, 1.82) is 0 Å². The van der Waals surface area contributed by atoms with E-state index in [1.807, 2.05) is 16.4 Å². The Morgan fingerprint density at radius 1 is 1.19 bits per heavy atom. The zero-order valence-corrected chi connectivity index (χ0v) is 16.5. The van der Waals surface area contributed by atoms with E-state index in [1.54, 1.807) is 0 Å². The predicted octanol–water partition coefficient (Wildman–Crippen LogP) is 2.97. The normalized spacial score (nSPS) is 18.0. The van der Waals surface area contributed by atoms with E-state index in [1.165, 1.54) is 22.3 Å². The molecule has 6 heteroatoms. The molecule has 0 radical (unpaired) electrons. The van der Waals surface area contributed by atoms with Crippen molar-refractivity contribution in [3.05, 3.63) is 46.0 Å². The summed E-state index contributed by atoms with van der Waals surface area (Å²) < 4.78 is 1.91. The second-order valence-corrected chi connectivity index (χ2v) is 8.37. The number of fused-ring (bicyclic) bond motifs is 1. The lowest BCUT2D eigenvalue weighted by atomic mass is 9.83. The zero-order chi connectivity index (χ0) is 19.2. The number of hydrogen-bond donors (Lipinski definition) is 1. The monoisotopic (exact) mass is 356 g/mol. The first-order chi connectivity index (χ1) is 12.1. The van der Waals surface area contributed by atoms with Gasteiger partial charge in [-0.05, 0) is 48.4 Å². The fraction of sp³-hybridized carbons (Fsp3) is 0.550. The smallest absolute Gasteiger partial charge is 0.322 e. The van der Waals surface area contributed by atoms with Gasteiger partial charge in [0, 0.05) is 6.54 Å². The van der Waals surface area contributed by atoms with Gasteiger partial charge in [0.05, 0.1) is 13.1 Å². The Morgan fingerprint density at radius 2 is 1.81 bits per heavy atom. The Morgan fingerprint density at radius 3 is 2.35 bits per heavy atom. The van der Waals surface area contributed by atoms with Gasteiger partial charge in [-0.1, -0.05) is 32.9 Å². The lowest BCUT2D eigenvalue weighted by molar-refractivity contribution is -0.145. The van der Waals surface area contributed by atoms with Gasteiger partial charge < -0.3 is 9.67 Å². The molecule has 2 aromatic rings. The molecule has 3 rings (SSSR count). The Kier molecular flexibility index (Phi) is 4.65. The summed E-state index contributed by atoms with van der Waals surface area (Å²) in [5.74, 6) is 0.805. The molecule has 26 heavy (non-hydrogen) atoms. The molecule has 1 aliphatic heterocycles. The van der Waals surface area contributed by atoms with Gasteiger partial charge >= 0.3 is 5.97 Å². The molecule has 1 aromatic carbocycles. The highest BCUT2D eigenvalue weighted by Crippen LogP contribution is 2.29. The van der Waals surface area contributed by atoms with Crippen LogP contribution in [-0.2, 0) is 29.8 Å². The van der Waals surface area contributed by atoms with E-state index in [2.05, 4.69) is 56.9 Å². The Bertz CT molecular complexity index is 825. The number of carboxylic acids is 1. The number of carboxylic acid groups (broad SMARTS) is 1. The van der Waals surface area contributed by atoms with E-state index < -0.39 is 12.0 Å². The number of rotatable bonds is 3. The minimum Gasteiger partial charge on any atom is -0.480 e. The topological polar surface area (TPSA) is 71.2 Å². The van der Waals surface area contributed by atoms with Crippen molar-refractivity contribution in [3.8, 4) is 0 Å². The third kappa shape index (κ3) is 3.38. The van der Waals surface area contributed by atoms with Crippen LogP contribution in [0, 0.1) is 20.8 Å². The number of aromatic nitrogens is 3. The Hall–Kier alpha value is -2.21. The van der Waals surface area contributed by atoms with Crippen molar-refractivity contribution in [2.45, 2.75) is 72.6 Å². The van der Waals surface area contributed by atoms with Crippen molar-refractivity contribution >= 4 is 5.97 Å². The average Bonchev–Trinajstić information content (AvgIpc) is 2.89. The lowest BCUT2D eigenvalue weighted by Gasteiger charge is -2.34. The standard InChI is InChI=1S/C20H28N4O2/c1-12-7-15(20(4,5)6)8-13(2)16(12)9-23-11-18-22-21-14(3)24(18)10-17(23)19(25)26/h7-8,17H,9-11H2,1-6H3,(H,25,26). The maximum atomic E-state index is 11.9. The molecule has 1 aliphatic rings. The molecule has 0 fully saturated rings. The average molecular weight is 356 g/mol. The van der Waals surface area contributed by atoms with Crippen molar-refractivity contribution in [3.63, 3.8) is 0 Å². The molecule has 6 nitrogen and oxygen atoms in total. The van der Waals surface area contributed by atoms with Crippen LogP contribution in [0.2, 0.25) is 0 Å². The molecule has 0 amide bonds. The predicted molar refractivity (Wildman–Crippen MR) is 100 cm³/mol. The van der Waals surface area contributed by atoms with Gasteiger partial charge in [0.25, 0.3) is 0 Å². The van der Waals surface area contributed by atoms with E-state index in [0.29, 0.717) is 19.6 Å². The van der Waals surface area contributed by atoms with E-state index in [-0.39, 0.29) is 5.41 Å². The Labute approximate surface area is 154 Å². The van der Waals surface area contributed by atoms with Crippen LogP contribution in [0.5, 0.6) is 0 Å². The summed E-state index contributed by atoms with van der Waals surface area (Å²) in [7, 11) is 0. The highest BCUT2D eigenvalue weighted by atomic mass is 16.4. The van der Waals surface area contributed by atoms with Crippen molar-refractivity contribution < 1.29 is 9.90 Å². The molecule has 0 bridgehead atoms. The summed E-state index contributed by atoms with van der Waals surface area (Å²) in [6.07, 6.45) is 0. The van der Waals surface area contributed by atoms with Gasteiger partial charge in [0.15, 0.2) is 0 Å². The molecule has 1 aromatic heterocycles. The van der Waals surface area contributed by atoms with E-state index in [0.717, 1.165) is 11.6 Å². The van der Waals surface area contributed by atoms with Crippen LogP contribution in [0.1, 0.15) is 54.7 Å². The molecule has 1 N–H and O–H groups in total. The third-order valence-electron chi connectivity index (χ3n) is 5.36. The van der Waals surface area contributed by atoms with Gasteiger partial charge in [-0.25, -0.2) is 0 Å². The molecule has 2 heterocycles. The van der Waals surface area contributed by atoms with E-state index in [9.17, 15) is 9.90 Å². The first kappa shape index (κ1) is 18.6. The summed E-state index contributed by atoms with van der Waals surface area (Å²) in [4.78, 5) is 13.9. The molecule has 0 aliphatic carbocycles. The summed E-state index contributed by atoms with van der Waals surface area (Å²) in [5, 5.41) is 18.0.